The van der Waals surface area contributed by atoms with Crippen molar-refractivity contribution in [2.75, 3.05) is 19.5 Å². The molecule has 9 nitrogen and oxygen atoms in total. The zero-order chi connectivity index (χ0) is 18.1. The molecule has 2 aromatic rings. The van der Waals surface area contributed by atoms with Crippen molar-refractivity contribution in [1.29, 1.82) is 0 Å². The number of aromatic nitrogens is 2. The Labute approximate surface area is 142 Å². The van der Waals surface area contributed by atoms with E-state index in [1.807, 2.05) is 0 Å². The summed E-state index contributed by atoms with van der Waals surface area (Å²) in [7, 11) is 2.70. The molecule has 4 N–H and O–H groups in total. The van der Waals surface area contributed by atoms with Crippen LogP contribution >= 0.6 is 0 Å². The molecule has 0 bridgehead atoms. The summed E-state index contributed by atoms with van der Waals surface area (Å²) < 4.78 is 4.65. The second kappa shape index (κ2) is 6.27. The number of hydrogen-bond acceptors (Lipinski definition) is 6. The summed E-state index contributed by atoms with van der Waals surface area (Å²) in [5.74, 6) is -1.79. The van der Waals surface area contributed by atoms with Gasteiger partial charge in [0.05, 0.1) is 7.11 Å². The second-order valence-electron chi connectivity index (χ2n) is 5.51. The molecule has 0 saturated carbocycles. The molecule has 25 heavy (non-hydrogen) atoms. The minimum atomic E-state index is -0.696. The molecular weight excluding hydrogens is 328 g/mol. The van der Waals surface area contributed by atoms with E-state index in [1.165, 1.54) is 26.3 Å². The lowest BCUT2D eigenvalue weighted by molar-refractivity contribution is -0.116. The largest absolute Gasteiger partial charge is 0.507 e. The summed E-state index contributed by atoms with van der Waals surface area (Å²) in [6.45, 7) is 0. The number of anilines is 1. The molecule has 2 amide bonds. The maximum absolute atomic E-state index is 12.1. The Morgan fingerprint density at radius 3 is 2.84 bits per heavy atom. The third kappa shape index (κ3) is 2.80. The van der Waals surface area contributed by atoms with Gasteiger partial charge in [-0.3, -0.25) is 14.7 Å². The van der Waals surface area contributed by atoms with E-state index in [4.69, 9.17) is 0 Å². The van der Waals surface area contributed by atoms with Gasteiger partial charge < -0.3 is 20.5 Å². The number of nitrogens with one attached hydrogen (secondary N) is 3. The molecule has 9 heteroatoms. The number of phenols is 1. The Hall–Kier alpha value is -3.36. The summed E-state index contributed by atoms with van der Waals surface area (Å²) >= 11 is 0. The molecule has 130 valence electrons. The minimum Gasteiger partial charge on any atom is -0.507 e. The summed E-state index contributed by atoms with van der Waals surface area (Å²) in [5, 5.41) is 21.6. The van der Waals surface area contributed by atoms with Crippen LogP contribution in [0.3, 0.4) is 0 Å². The number of ether oxygens (including phenoxy) is 1. The monoisotopic (exact) mass is 344 g/mol. The van der Waals surface area contributed by atoms with Gasteiger partial charge in [0.25, 0.3) is 5.91 Å². The SMILES string of the molecule is CNC(=O)c1[nH]nc2c1C(c1ccc(O)c(C(=O)OC)c1)CC(=O)N2. The number of rotatable bonds is 3. The van der Waals surface area contributed by atoms with Crippen LogP contribution in [-0.2, 0) is 9.53 Å². The smallest absolute Gasteiger partial charge is 0.341 e. The molecule has 1 aliphatic rings. The summed E-state index contributed by atoms with van der Waals surface area (Å²) in [6, 6.07) is 4.40. The zero-order valence-electron chi connectivity index (χ0n) is 13.5. The van der Waals surface area contributed by atoms with Crippen LogP contribution in [0.4, 0.5) is 5.82 Å². The molecule has 1 aromatic heterocycles. The highest BCUT2D eigenvalue weighted by molar-refractivity contribution is 6.00. The van der Waals surface area contributed by atoms with E-state index in [0.29, 0.717) is 11.1 Å². The van der Waals surface area contributed by atoms with E-state index in [9.17, 15) is 19.5 Å². The quantitative estimate of drug-likeness (QED) is 0.607. The van der Waals surface area contributed by atoms with Crippen molar-refractivity contribution in [3.63, 3.8) is 0 Å². The molecule has 1 unspecified atom stereocenters. The van der Waals surface area contributed by atoms with Crippen molar-refractivity contribution >= 4 is 23.6 Å². The van der Waals surface area contributed by atoms with Gasteiger partial charge in [0.2, 0.25) is 5.91 Å². The molecule has 1 aliphatic heterocycles. The van der Waals surface area contributed by atoms with Crippen LogP contribution in [0.5, 0.6) is 5.75 Å². The van der Waals surface area contributed by atoms with Crippen LogP contribution in [0.25, 0.3) is 0 Å². The van der Waals surface area contributed by atoms with Gasteiger partial charge in [-0.05, 0) is 17.7 Å². The first-order chi connectivity index (χ1) is 12.0. The van der Waals surface area contributed by atoms with Crippen molar-refractivity contribution in [3.05, 3.63) is 40.6 Å². The first-order valence-corrected chi connectivity index (χ1v) is 7.47. The number of carbonyl (C=O) groups is 3. The topological polar surface area (TPSA) is 133 Å². The Kier molecular flexibility index (Phi) is 4.14. The van der Waals surface area contributed by atoms with E-state index < -0.39 is 11.9 Å². The average Bonchev–Trinajstić information content (AvgIpc) is 3.03. The Morgan fingerprint density at radius 1 is 1.40 bits per heavy atom. The molecule has 3 rings (SSSR count). The number of aromatic amines is 1. The van der Waals surface area contributed by atoms with E-state index in [-0.39, 0.29) is 41.1 Å². The standard InChI is InChI=1S/C16H16N4O5/c1-17-15(23)13-12-8(6-11(22)18-14(12)20-19-13)7-3-4-10(21)9(5-7)16(24)25-2/h3-5,8,21H,6H2,1-2H3,(H,17,23)(H2,18,19,20,22). The number of hydrogen-bond donors (Lipinski definition) is 4. The number of H-pyrrole nitrogens is 1. The Morgan fingerprint density at radius 2 is 2.16 bits per heavy atom. The predicted octanol–water partition coefficient (Wildman–Crippen LogP) is 0.736. The van der Waals surface area contributed by atoms with Crippen molar-refractivity contribution in [3.8, 4) is 5.75 Å². The highest BCUT2D eigenvalue weighted by Crippen LogP contribution is 2.39. The van der Waals surface area contributed by atoms with Crippen molar-refractivity contribution in [1.82, 2.24) is 15.5 Å². The molecule has 0 radical (unpaired) electrons. The van der Waals surface area contributed by atoms with Gasteiger partial charge in [0.1, 0.15) is 17.0 Å². The van der Waals surface area contributed by atoms with Gasteiger partial charge in [-0.25, -0.2) is 4.79 Å². The first kappa shape index (κ1) is 16.5. The highest BCUT2D eigenvalue weighted by Gasteiger charge is 2.34. The number of benzene rings is 1. The molecule has 0 fully saturated rings. The number of aromatic hydroxyl groups is 1. The number of nitrogens with zero attached hydrogens (tertiary/aromatic N) is 1. The molecule has 2 heterocycles. The van der Waals surface area contributed by atoms with E-state index in [2.05, 4.69) is 25.6 Å². The lowest BCUT2D eigenvalue weighted by Crippen LogP contribution is -2.26. The number of amides is 2. The van der Waals surface area contributed by atoms with E-state index in [1.54, 1.807) is 6.07 Å². The second-order valence-corrected chi connectivity index (χ2v) is 5.51. The van der Waals surface area contributed by atoms with E-state index in [0.717, 1.165) is 0 Å². The first-order valence-electron chi connectivity index (χ1n) is 7.47. The van der Waals surface area contributed by atoms with Gasteiger partial charge in [0.15, 0.2) is 5.82 Å². The van der Waals surface area contributed by atoms with E-state index >= 15 is 0 Å². The maximum atomic E-state index is 12.1. The Balaban J connectivity index is 2.13. The van der Waals surface area contributed by atoms with Gasteiger partial charge >= 0.3 is 5.97 Å². The fourth-order valence-corrected chi connectivity index (χ4v) is 2.88. The molecule has 0 aliphatic carbocycles. The number of carbonyl (C=O) groups excluding carboxylic acids is 3. The van der Waals surface area contributed by atoms with Crippen LogP contribution in [0.2, 0.25) is 0 Å². The third-order valence-electron chi connectivity index (χ3n) is 4.08. The fraction of sp³-hybridized carbons (Fsp3) is 0.250. The van der Waals surface area contributed by atoms with Crippen LogP contribution in [0.1, 0.15) is 44.3 Å². The molecule has 0 saturated heterocycles. The number of methoxy groups -OCH3 is 1. The molecule has 1 aromatic carbocycles. The van der Waals surface area contributed by atoms with Crippen molar-refractivity contribution in [2.45, 2.75) is 12.3 Å². The van der Waals surface area contributed by atoms with Crippen LogP contribution in [0.15, 0.2) is 18.2 Å². The third-order valence-corrected chi connectivity index (χ3v) is 4.08. The number of fused-ring (bicyclic) bond motifs is 1. The maximum Gasteiger partial charge on any atom is 0.341 e. The lowest BCUT2D eigenvalue weighted by atomic mass is 9.84. The Bertz CT molecular complexity index is 873. The molecular formula is C16H16N4O5. The lowest BCUT2D eigenvalue weighted by Gasteiger charge is -2.23. The number of phenolic OH excluding ortho intramolecular Hbond substituents is 1. The predicted molar refractivity (Wildman–Crippen MR) is 86.5 cm³/mol. The molecule has 0 spiro atoms. The van der Waals surface area contributed by atoms with Gasteiger partial charge in [0, 0.05) is 24.9 Å². The average molecular weight is 344 g/mol. The highest BCUT2D eigenvalue weighted by atomic mass is 16.5. The molecule has 1 atom stereocenters. The van der Waals surface area contributed by atoms with Crippen molar-refractivity contribution in [2.24, 2.45) is 0 Å². The summed E-state index contributed by atoms with van der Waals surface area (Å²) in [5.41, 5.74) is 1.33. The van der Waals surface area contributed by atoms with Crippen LogP contribution in [-0.4, -0.2) is 47.2 Å². The van der Waals surface area contributed by atoms with Crippen LogP contribution in [0, 0.1) is 0 Å². The van der Waals surface area contributed by atoms with Gasteiger partial charge in [-0.2, -0.15) is 5.10 Å². The van der Waals surface area contributed by atoms with Crippen LogP contribution < -0.4 is 10.6 Å². The number of esters is 1. The fourth-order valence-electron chi connectivity index (χ4n) is 2.88. The zero-order valence-corrected chi connectivity index (χ0v) is 13.5. The minimum absolute atomic E-state index is 0.0162. The van der Waals surface area contributed by atoms with Gasteiger partial charge in [-0.1, -0.05) is 6.07 Å². The van der Waals surface area contributed by atoms with Crippen molar-refractivity contribution < 1.29 is 24.2 Å². The normalized spacial score (nSPS) is 15.9. The summed E-state index contributed by atoms with van der Waals surface area (Å²) in [6.07, 6.45) is 0.0713. The van der Waals surface area contributed by atoms with Gasteiger partial charge in [-0.15, -0.1) is 0 Å². The summed E-state index contributed by atoms with van der Waals surface area (Å²) in [4.78, 5) is 35.9.